The molecule has 4 nitrogen and oxygen atoms in total. The zero-order chi connectivity index (χ0) is 28.6. The molecule has 2 atom stereocenters. The van der Waals surface area contributed by atoms with Gasteiger partial charge in [0.2, 0.25) is 0 Å². The SMILES string of the molecule is CC1=CC2Cc3nc4cc(Cl)ccc4c(NCCCCCCNc4c5c(nc6cc(Cl)ccc46)CCCC5)c3C(C1)C2.Cl.Cl. The lowest BCUT2D eigenvalue weighted by atomic mass is 9.71. The highest BCUT2D eigenvalue weighted by molar-refractivity contribution is 6.31. The summed E-state index contributed by atoms with van der Waals surface area (Å²) in [7, 11) is 0. The standard InChI is InChI=1S/C36H40Cl2N4.2ClH/c1-22-16-23-18-24(17-22)34-33(19-23)42-32-21-26(38)11-13-29(32)36(34)40-15-7-3-2-6-14-39-35-27-8-4-5-9-30(27)41-31-20-25(37)10-12-28(31)35;;/h10-13,16,20-21,23-24H,2-9,14-15,17-19H2,1H3,(H,39,41)(H,40,42);2*1H. The van der Waals surface area contributed by atoms with E-state index in [0.29, 0.717) is 11.8 Å². The molecule has 7 rings (SSSR count). The maximum atomic E-state index is 6.38. The molecule has 0 radical (unpaired) electrons. The van der Waals surface area contributed by atoms with Crippen LogP contribution in [0.4, 0.5) is 11.4 Å². The number of halogens is 4. The monoisotopic (exact) mass is 670 g/mol. The van der Waals surface area contributed by atoms with E-state index in [9.17, 15) is 0 Å². The van der Waals surface area contributed by atoms with Crippen molar-refractivity contribution in [2.45, 2.75) is 83.5 Å². The molecule has 3 aliphatic rings. The topological polar surface area (TPSA) is 49.8 Å². The summed E-state index contributed by atoms with van der Waals surface area (Å²) in [5.74, 6) is 1.19. The van der Waals surface area contributed by atoms with Crippen molar-refractivity contribution in [3.8, 4) is 0 Å². The van der Waals surface area contributed by atoms with Gasteiger partial charge in [0.25, 0.3) is 0 Å². The zero-order valence-electron chi connectivity index (χ0n) is 25.4. The van der Waals surface area contributed by atoms with Gasteiger partial charge in [-0.1, -0.05) is 47.7 Å². The van der Waals surface area contributed by atoms with Gasteiger partial charge >= 0.3 is 0 Å². The molecule has 0 spiro atoms. The lowest BCUT2D eigenvalue weighted by Crippen LogP contribution is -2.24. The van der Waals surface area contributed by atoms with E-state index in [1.807, 2.05) is 24.3 Å². The molecule has 0 saturated carbocycles. The van der Waals surface area contributed by atoms with Crippen LogP contribution in [0.1, 0.15) is 86.7 Å². The molecule has 0 aliphatic heterocycles. The molecule has 2 N–H and O–H groups in total. The van der Waals surface area contributed by atoms with E-state index in [1.54, 1.807) is 0 Å². The van der Waals surface area contributed by atoms with Crippen LogP contribution in [0.5, 0.6) is 0 Å². The summed E-state index contributed by atoms with van der Waals surface area (Å²) >= 11 is 12.7. The molecule has 0 saturated heterocycles. The first-order valence-electron chi connectivity index (χ1n) is 15.9. The Bertz CT molecular complexity index is 1680. The number of aryl methyl sites for hydroxylation is 1. The number of hydrogen-bond acceptors (Lipinski definition) is 4. The third-order valence-electron chi connectivity index (χ3n) is 9.54. The minimum absolute atomic E-state index is 0. The Morgan fingerprint density at radius 3 is 2.07 bits per heavy atom. The van der Waals surface area contributed by atoms with Gasteiger partial charge in [0.15, 0.2) is 0 Å². The summed E-state index contributed by atoms with van der Waals surface area (Å²) in [6, 6.07) is 12.3. The third kappa shape index (κ3) is 6.79. The number of aromatic nitrogens is 2. The lowest BCUT2D eigenvalue weighted by molar-refractivity contribution is 0.433. The number of allylic oxidation sites excluding steroid dienone is 2. The first-order valence-corrected chi connectivity index (χ1v) is 16.7. The normalized spacial score (nSPS) is 18.5. The van der Waals surface area contributed by atoms with Crippen molar-refractivity contribution in [3.63, 3.8) is 0 Å². The van der Waals surface area contributed by atoms with Crippen molar-refractivity contribution >= 4 is 81.2 Å². The molecule has 2 aromatic heterocycles. The first-order chi connectivity index (χ1) is 20.5. The van der Waals surface area contributed by atoms with Crippen LogP contribution in [0.25, 0.3) is 21.8 Å². The van der Waals surface area contributed by atoms with Crippen LogP contribution < -0.4 is 10.6 Å². The van der Waals surface area contributed by atoms with Crippen LogP contribution >= 0.6 is 48.0 Å². The number of hydrogen-bond donors (Lipinski definition) is 2. The highest BCUT2D eigenvalue weighted by Gasteiger charge is 2.33. The van der Waals surface area contributed by atoms with Gasteiger partial charge in [0.05, 0.1) is 11.0 Å². The van der Waals surface area contributed by atoms with Gasteiger partial charge in [-0.15, -0.1) is 24.8 Å². The predicted octanol–water partition coefficient (Wildman–Crippen LogP) is 10.9. The number of benzene rings is 2. The van der Waals surface area contributed by atoms with Crippen molar-refractivity contribution in [2.75, 3.05) is 23.7 Å². The Balaban J connectivity index is 0.00000192. The van der Waals surface area contributed by atoms with Crippen molar-refractivity contribution in [3.05, 3.63) is 80.6 Å². The second-order valence-corrected chi connectivity index (χ2v) is 13.5. The minimum atomic E-state index is 0. The summed E-state index contributed by atoms with van der Waals surface area (Å²) < 4.78 is 0. The van der Waals surface area contributed by atoms with Gasteiger partial charge in [-0.2, -0.15) is 0 Å². The second-order valence-electron chi connectivity index (χ2n) is 12.7. The molecule has 234 valence electrons. The smallest absolute Gasteiger partial charge is 0.0741 e. The minimum Gasteiger partial charge on any atom is -0.384 e. The maximum absolute atomic E-state index is 6.38. The molecule has 44 heavy (non-hydrogen) atoms. The maximum Gasteiger partial charge on any atom is 0.0741 e. The predicted molar refractivity (Wildman–Crippen MR) is 193 cm³/mol. The molecule has 4 aromatic rings. The summed E-state index contributed by atoms with van der Waals surface area (Å²) in [6.45, 7) is 4.26. The van der Waals surface area contributed by atoms with E-state index in [1.165, 1.54) is 82.3 Å². The fourth-order valence-electron chi connectivity index (χ4n) is 7.71. The molecule has 2 unspecified atom stereocenters. The van der Waals surface area contributed by atoms with Crippen LogP contribution in [0.2, 0.25) is 10.0 Å². The Labute approximate surface area is 283 Å². The molecular formula is C36H42Cl4N4. The second kappa shape index (κ2) is 14.5. The fraction of sp³-hybridized carbons (Fsp3) is 0.444. The number of rotatable bonds is 9. The third-order valence-corrected chi connectivity index (χ3v) is 10.0. The van der Waals surface area contributed by atoms with Crippen molar-refractivity contribution in [1.82, 2.24) is 9.97 Å². The Morgan fingerprint density at radius 2 is 1.36 bits per heavy atom. The van der Waals surface area contributed by atoms with Gasteiger partial charge in [0, 0.05) is 62.2 Å². The van der Waals surface area contributed by atoms with E-state index in [4.69, 9.17) is 33.2 Å². The summed E-state index contributed by atoms with van der Waals surface area (Å²) in [5, 5.41) is 11.6. The largest absolute Gasteiger partial charge is 0.384 e. The van der Waals surface area contributed by atoms with E-state index in [-0.39, 0.29) is 24.8 Å². The molecule has 0 fully saturated rings. The Morgan fingerprint density at radius 1 is 0.750 bits per heavy atom. The van der Waals surface area contributed by atoms with E-state index < -0.39 is 0 Å². The number of nitrogens with zero attached hydrogens (tertiary/aromatic N) is 2. The fourth-order valence-corrected chi connectivity index (χ4v) is 8.04. The van der Waals surface area contributed by atoms with Crippen LogP contribution in [0.15, 0.2) is 48.0 Å². The molecular weight excluding hydrogens is 630 g/mol. The summed E-state index contributed by atoms with van der Waals surface area (Å²) in [5.41, 5.74) is 11.6. The highest BCUT2D eigenvalue weighted by atomic mass is 35.5. The van der Waals surface area contributed by atoms with Gasteiger partial charge < -0.3 is 10.6 Å². The lowest BCUT2D eigenvalue weighted by Gasteiger charge is -2.36. The molecule has 2 heterocycles. The van der Waals surface area contributed by atoms with Crippen LogP contribution in [-0.2, 0) is 19.3 Å². The quantitative estimate of drug-likeness (QED) is 0.137. The van der Waals surface area contributed by atoms with Gasteiger partial charge in [0.1, 0.15) is 0 Å². The summed E-state index contributed by atoms with van der Waals surface area (Å²) in [6.07, 6.45) is 15.3. The van der Waals surface area contributed by atoms with E-state index >= 15 is 0 Å². The first kappa shape index (κ1) is 33.1. The number of nitrogens with one attached hydrogen (secondary N) is 2. The Hall–Kier alpha value is -2.24. The van der Waals surface area contributed by atoms with Gasteiger partial charge in [-0.3, -0.25) is 9.97 Å². The molecule has 3 aliphatic carbocycles. The van der Waals surface area contributed by atoms with Crippen LogP contribution in [0.3, 0.4) is 0 Å². The van der Waals surface area contributed by atoms with Crippen LogP contribution in [-0.4, -0.2) is 23.1 Å². The molecule has 2 aromatic carbocycles. The van der Waals surface area contributed by atoms with Crippen molar-refractivity contribution in [2.24, 2.45) is 5.92 Å². The van der Waals surface area contributed by atoms with Crippen molar-refractivity contribution < 1.29 is 0 Å². The van der Waals surface area contributed by atoms with Crippen molar-refractivity contribution in [1.29, 1.82) is 0 Å². The van der Waals surface area contributed by atoms with Crippen LogP contribution in [0, 0.1) is 5.92 Å². The molecule has 2 bridgehead atoms. The average molecular weight is 673 g/mol. The number of fused-ring (bicyclic) bond motifs is 7. The average Bonchev–Trinajstić information content (AvgIpc) is 2.96. The number of unbranched alkanes of at least 4 members (excludes halogenated alkanes) is 3. The number of pyridine rings is 2. The molecule has 8 heteroatoms. The highest BCUT2D eigenvalue weighted by Crippen LogP contribution is 2.47. The summed E-state index contributed by atoms with van der Waals surface area (Å²) in [4.78, 5) is 10.1. The van der Waals surface area contributed by atoms with Gasteiger partial charge in [-0.25, -0.2) is 0 Å². The van der Waals surface area contributed by atoms with E-state index in [2.05, 4.69) is 35.8 Å². The Kier molecular flexibility index (Phi) is 10.9. The number of anilines is 2. The zero-order valence-corrected chi connectivity index (χ0v) is 28.5. The molecule has 0 amide bonds. The van der Waals surface area contributed by atoms with Gasteiger partial charge in [-0.05, 0) is 119 Å². The van der Waals surface area contributed by atoms with E-state index in [0.717, 1.165) is 72.7 Å².